The minimum Gasteiger partial charge on any atom is -0.329 e. The number of anilines is 2. The summed E-state index contributed by atoms with van der Waals surface area (Å²) in [6, 6.07) is 8.39. The molecule has 1 aromatic heterocycles. The van der Waals surface area contributed by atoms with Crippen LogP contribution in [0.15, 0.2) is 28.9 Å². The lowest BCUT2D eigenvalue weighted by Crippen LogP contribution is -2.14. The van der Waals surface area contributed by atoms with E-state index in [0.717, 1.165) is 21.9 Å². The third-order valence-electron chi connectivity index (χ3n) is 3.27. The largest absolute Gasteiger partial charge is 0.329 e. The Morgan fingerprint density at radius 1 is 1.10 bits per heavy atom. The van der Waals surface area contributed by atoms with Crippen LogP contribution in [0.5, 0.6) is 0 Å². The predicted molar refractivity (Wildman–Crippen MR) is 87.8 cm³/mol. The number of halogens is 1. The van der Waals surface area contributed by atoms with Crippen molar-refractivity contribution in [2.24, 2.45) is 0 Å². The van der Waals surface area contributed by atoms with Crippen molar-refractivity contribution in [3.63, 3.8) is 0 Å². The summed E-state index contributed by atoms with van der Waals surface area (Å²) in [6.45, 7) is 8.43. The highest BCUT2D eigenvalue weighted by Gasteiger charge is 2.12. The van der Waals surface area contributed by atoms with E-state index in [1.807, 2.05) is 13.1 Å². The van der Waals surface area contributed by atoms with Crippen molar-refractivity contribution in [3.8, 4) is 0 Å². The van der Waals surface area contributed by atoms with E-state index in [1.165, 1.54) is 11.1 Å². The fourth-order valence-corrected chi connectivity index (χ4v) is 2.54. The number of rotatable bonds is 3. The molecular weight excluding hydrogens is 314 g/mol. The van der Waals surface area contributed by atoms with E-state index in [1.54, 1.807) is 0 Å². The maximum Gasteiger partial charge on any atom is 0.137 e. The lowest BCUT2D eigenvalue weighted by atomic mass is 10.1. The Hall–Kier alpha value is -1.42. The minimum absolute atomic E-state index is 0.304. The Morgan fingerprint density at radius 3 is 2.40 bits per heavy atom. The third-order valence-corrected chi connectivity index (χ3v) is 3.68. The molecule has 0 aliphatic heterocycles. The van der Waals surface area contributed by atoms with Gasteiger partial charge >= 0.3 is 0 Å². The van der Waals surface area contributed by atoms with Crippen molar-refractivity contribution in [3.05, 3.63) is 45.8 Å². The van der Waals surface area contributed by atoms with Gasteiger partial charge in [0.25, 0.3) is 0 Å². The number of aryl methyl sites for hydroxylation is 2. The highest BCUT2D eigenvalue weighted by Crippen LogP contribution is 2.28. The molecule has 0 aliphatic rings. The Morgan fingerprint density at radius 2 is 1.80 bits per heavy atom. The number of aromatic nitrogens is 2. The van der Waals surface area contributed by atoms with Gasteiger partial charge < -0.3 is 4.90 Å². The molecule has 0 saturated heterocycles. The van der Waals surface area contributed by atoms with Crippen LogP contribution in [0.1, 0.15) is 36.7 Å². The van der Waals surface area contributed by atoms with Crippen LogP contribution in [-0.2, 0) is 0 Å². The van der Waals surface area contributed by atoms with Gasteiger partial charge in [0, 0.05) is 24.7 Å². The first-order chi connectivity index (χ1) is 9.38. The molecule has 20 heavy (non-hydrogen) atoms. The number of nitrogens with zero attached hydrogens (tertiary/aromatic N) is 3. The molecule has 0 aliphatic carbocycles. The molecule has 0 spiro atoms. The van der Waals surface area contributed by atoms with Gasteiger partial charge in [0.1, 0.15) is 16.2 Å². The van der Waals surface area contributed by atoms with E-state index < -0.39 is 0 Å². The van der Waals surface area contributed by atoms with Gasteiger partial charge in [0.15, 0.2) is 0 Å². The quantitative estimate of drug-likeness (QED) is 0.759. The third kappa shape index (κ3) is 3.18. The molecule has 4 heteroatoms. The van der Waals surface area contributed by atoms with Crippen molar-refractivity contribution in [2.75, 3.05) is 11.9 Å². The topological polar surface area (TPSA) is 29.0 Å². The fourth-order valence-electron chi connectivity index (χ4n) is 2.16. The van der Waals surface area contributed by atoms with Crippen LogP contribution in [-0.4, -0.2) is 17.0 Å². The van der Waals surface area contributed by atoms with Crippen LogP contribution in [0.25, 0.3) is 0 Å². The summed E-state index contributed by atoms with van der Waals surface area (Å²) in [5.41, 5.74) is 3.68. The van der Waals surface area contributed by atoms with Crippen molar-refractivity contribution in [1.29, 1.82) is 0 Å². The maximum atomic E-state index is 4.66. The van der Waals surface area contributed by atoms with E-state index in [9.17, 15) is 0 Å². The summed E-state index contributed by atoms with van der Waals surface area (Å²) in [6.07, 6.45) is 0. The summed E-state index contributed by atoms with van der Waals surface area (Å²) in [5.74, 6) is 2.06. The van der Waals surface area contributed by atoms with Crippen molar-refractivity contribution in [1.82, 2.24) is 9.97 Å². The molecular formula is C16H20BrN3. The van der Waals surface area contributed by atoms with Crippen molar-refractivity contribution >= 4 is 27.4 Å². The Balaban J connectivity index is 2.44. The second-order valence-corrected chi connectivity index (χ2v) is 6.22. The normalized spacial score (nSPS) is 10.9. The van der Waals surface area contributed by atoms with Gasteiger partial charge in [-0.25, -0.2) is 9.97 Å². The Kier molecular flexibility index (Phi) is 4.43. The number of hydrogen-bond donors (Lipinski definition) is 0. The summed E-state index contributed by atoms with van der Waals surface area (Å²) >= 11 is 3.47. The zero-order valence-corrected chi connectivity index (χ0v) is 14.2. The molecule has 0 atom stereocenters. The average Bonchev–Trinajstić information content (AvgIpc) is 2.37. The molecule has 0 fully saturated rings. The molecule has 0 bridgehead atoms. The van der Waals surface area contributed by atoms with Crippen LogP contribution < -0.4 is 4.90 Å². The van der Waals surface area contributed by atoms with E-state index in [0.29, 0.717) is 5.92 Å². The Labute approximate surface area is 129 Å². The second-order valence-electron chi connectivity index (χ2n) is 5.41. The second kappa shape index (κ2) is 5.92. The number of hydrogen-bond acceptors (Lipinski definition) is 3. The van der Waals surface area contributed by atoms with Crippen molar-refractivity contribution < 1.29 is 0 Å². The van der Waals surface area contributed by atoms with Crippen LogP contribution in [0, 0.1) is 13.8 Å². The van der Waals surface area contributed by atoms with Crippen LogP contribution in [0.4, 0.5) is 11.5 Å². The van der Waals surface area contributed by atoms with E-state index in [2.05, 4.69) is 76.7 Å². The molecule has 1 heterocycles. The fraction of sp³-hybridized carbons (Fsp3) is 0.375. The molecule has 2 aromatic rings. The molecule has 0 amide bonds. The minimum atomic E-state index is 0.304. The van der Waals surface area contributed by atoms with Crippen LogP contribution >= 0.6 is 15.9 Å². The molecule has 1 aromatic carbocycles. The summed E-state index contributed by atoms with van der Waals surface area (Å²) in [5, 5.41) is 0. The van der Waals surface area contributed by atoms with Gasteiger partial charge in [-0.15, -0.1) is 0 Å². The SMILES string of the molecule is Cc1ccc(N(C)c2cc(Br)nc(C(C)C)n2)c(C)c1. The van der Waals surface area contributed by atoms with E-state index >= 15 is 0 Å². The van der Waals surface area contributed by atoms with Gasteiger partial charge in [-0.2, -0.15) is 0 Å². The van der Waals surface area contributed by atoms with E-state index in [-0.39, 0.29) is 0 Å². The molecule has 0 radical (unpaired) electrons. The van der Waals surface area contributed by atoms with Gasteiger partial charge in [0.05, 0.1) is 0 Å². The standard InChI is InChI=1S/C16H20BrN3/c1-10(2)16-18-14(17)9-15(19-16)20(5)13-7-6-11(3)8-12(13)4/h6-10H,1-5H3. The van der Waals surface area contributed by atoms with Gasteiger partial charge in [-0.05, 0) is 41.4 Å². The Bertz CT molecular complexity index is 623. The molecule has 0 N–H and O–H groups in total. The van der Waals surface area contributed by atoms with Gasteiger partial charge in [0.2, 0.25) is 0 Å². The summed E-state index contributed by atoms with van der Waals surface area (Å²) < 4.78 is 0.822. The first kappa shape index (κ1) is 15.0. The van der Waals surface area contributed by atoms with Crippen LogP contribution in [0.2, 0.25) is 0 Å². The summed E-state index contributed by atoms with van der Waals surface area (Å²) in [4.78, 5) is 11.2. The molecule has 2 rings (SSSR count). The summed E-state index contributed by atoms with van der Waals surface area (Å²) in [7, 11) is 2.04. The first-order valence-electron chi connectivity index (χ1n) is 6.74. The number of benzene rings is 1. The smallest absolute Gasteiger partial charge is 0.137 e. The molecule has 106 valence electrons. The maximum absolute atomic E-state index is 4.66. The predicted octanol–water partition coefficient (Wildman–Crippen LogP) is 4.75. The van der Waals surface area contributed by atoms with Crippen LogP contribution in [0.3, 0.4) is 0 Å². The molecule has 0 saturated carbocycles. The highest BCUT2D eigenvalue weighted by atomic mass is 79.9. The molecule has 0 unspecified atom stereocenters. The lowest BCUT2D eigenvalue weighted by Gasteiger charge is -2.22. The monoisotopic (exact) mass is 333 g/mol. The van der Waals surface area contributed by atoms with Gasteiger partial charge in [-0.1, -0.05) is 31.5 Å². The van der Waals surface area contributed by atoms with Crippen molar-refractivity contribution in [2.45, 2.75) is 33.6 Å². The lowest BCUT2D eigenvalue weighted by molar-refractivity contribution is 0.767. The molecule has 3 nitrogen and oxygen atoms in total. The average molecular weight is 334 g/mol. The highest BCUT2D eigenvalue weighted by molar-refractivity contribution is 9.10. The van der Waals surface area contributed by atoms with E-state index in [4.69, 9.17) is 0 Å². The zero-order valence-electron chi connectivity index (χ0n) is 12.6. The van der Waals surface area contributed by atoms with Gasteiger partial charge in [-0.3, -0.25) is 0 Å². The zero-order chi connectivity index (χ0) is 14.9. The first-order valence-corrected chi connectivity index (χ1v) is 7.53.